The largest absolute Gasteiger partial charge is 0.322 e. The number of halogens is 1. The monoisotopic (exact) mass is 394 g/mol. The van der Waals surface area contributed by atoms with Gasteiger partial charge in [-0.15, -0.1) is 4.40 Å². The number of hydrogen-bond acceptors (Lipinski definition) is 2. The quantitative estimate of drug-likeness (QED) is 0.488. The summed E-state index contributed by atoms with van der Waals surface area (Å²) >= 11 is 0. The Morgan fingerprint density at radius 1 is 0.964 bits per heavy atom. The summed E-state index contributed by atoms with van der Waals surface area (Å²) < 4.78 is 43.4. The molecule has 0 unspecified atom stereocenters. The van der Waals surface area contributed by atoms with Gasteiger partial charge < -0.3 is 4.90 Å². The van der Waals surface area contributed by atoms with Crippen LogP contribution in [0, 0.1) is 5.82 Å². The molecule has 142 valence electrons. The Bertz CT molecular complexity index is 1130. The number of nitrogens with zero attached hydrogens (tertiary/aromatic N) is 2. The van der Waals surface area contributed by atoms with Gasteiger partial charge in [0.1, 0.15) is 5.82 Å². The lowest BCUT2D eigenvalue weighted by atomic mass is 10.1. The van der Waals surface area contributed by atoms with Crippen LogP contribution in [0.3, 0.4) is 0 Å². The van der Waals surface area contributed by atoms with Crippen molar-refractivity contribution in [1.29, 1.82) is 0 Å². The molecule has 0 radical (unpaired) electrons. The summed E-state index contributed by atoms with van der Waals surface area (Å²) in [6.45, 7) is 2.04. The third-order valence-electron chi connectivity index (χ3n) is 4.79. The van der Waals surface area contributed by atoms with Gasteiger partial charge in [-0.05, 0) is 49.2 Å². The topological polar surface area (TPSA) is 49.7 Å². The smallest absolute Gasteiger partial charge is 0.284 e. The molecule has 1 atom stereocenters. The lowest BCUT2D eigenvalue weighted by molar-refractivity contribution is 0.596. The van der Waals surface area contributed by atoms with E-state index in [9.17, 15) is 12.8 Å². The van der Waals surface area contributed by atoms with Crippen molar-refractivity contribution in [3.63, 3.8) is 0 Å². The molecule has 28 heavy (non-hydrogen) atoms. The molecule has 3 aromatic carbocycles. The molecule has 6 heteroatoms. The van der Waals surface area contributed by atoms with E-state index in [2.05, 4.69) is 4.40 Å². The van der Waals surface area contributed by atoms with Crippen LogP contribution >= 0.6 is 0 Å². The third-order valence-corrected chi connectivity index (χ3v) is 6.07. The van der Waals surface area contributed by atoms with Gasteiger partial charge in [-0.2, -0.15) is 8.42 Å². The number of amidine groups is 1. The zero-order chi connectivity index (χ0) is 19.7. The lowest BCUT2D eigenvalue weighted by Gasteiger charge is -2.26. The summed E-state index contributed by atoms with van der Waals surface area (Å²) in [7, 11) is -4.01. The fourth-order valence-corrected chi connectivity index (χ4v) is 4.49. The van der Waals surface area contributed by atoms with Gasteiger partial charge in [-0.25, -0.2) is 4.39 Å². The fraction of sp³-hybridized carbons (Fsp3) is 0.136. The van der Waals surface area contributed by atoms with Gasteiger partial charge in [0, 0.05) is 17.3 Å². The number of rotatable bonds is 3. The van der Waals surface area contributed by atoms with Gasteiger partial charge in [-0.1, -0.05) is 48.5 Å². The van der Waals surface area contributed by atoms with E-state index in [4.69, 9.17) is 0 Å². The molecule has 0 spiro atoms. The normalized spacial score (nSPS) is 16.9. The van der Waals surface area contributed by atoms with E-state index >= 15 is 0 Å². The number of hydrogen-bond donors (Lipinski definition) is 0. The van der Waals surface area contributed by atoms with Crippen LogP contribution in [-0.2, 0) is 16.4 Å². The number of benzene rings is 3. The van der Waals surface area contributed by atoms with Crippen molar-refractivity contribution in [3.05, 3.63) is 95.8 Å². The second-order valence-electron chi connectivity index (χ2n) is 6.76. The predicted octanol–water partition coefficient (Wildman–Crippen LogP) is 4.41. The van der Waals surface area contributed by atoms with Gasteiger partial charge in [-0.3, -0.25) is 0 Å². The molecule has 0 N–H and O–H groups in total. The molecule has 0 aromatic heterocycles. The van der Waals surface area contributed by atoms with Crippen molar-refractivity contribution in [3.8, 4) is 0 Å². The zero-order valence-electron chi connectivity index (χ0n) is 15.3. The Kier molecular flexibility index (Phi) is 4.73. The zero-order valence-corrected chi connectivity index (χ0v) is 16.1. The van der Waals surface area contributed by atoms with Crippen molar-refractivity contribution in [2.45, 2.75) is 24.3 Å². The first-order valence-corrected chi connectivity index (χ1v) is 10.4. The minimum absolute atomic E-state index is 0.0394. The first kappa shape index (κ1) is 18.4. The van der Waals surface area contributed by atoms with Crippen LogP contribution < -0.4 is 4.90 Å². The maximum atomic E-state index is 13.2. The molecule has 0 aliphatic carbocycles. The van der Waals surface area contributed by atoms with Crippen LogP contribution in [-0.4, -0.2) is 20.3 Å². The molecule has 1 aliphatic heterocycles. The van der Waals surface area contributed by atoms with Gasteiger partial charge >= 0.3 is 0 Å². The molecule has 1 heterocycles. The minimum atomic E-state index is -4.01. The van der Waals surface area contributed by atoms with Crippen LogP contribution in [0.1, 0.15) is 18.1 Å². The second-order valence-corrected chi connectivity index (χ2v) is 8.37. The van der Waals surface area contributed by atoms with Crippen LogP contribution in [0.2, 0.25) is 0 Å². The predicted molar refractivity (Wildman–Crippen MR) is 109 cm³/mol. The number of anilines is 1. The van der Waals surface area contributed by atoms with E-state index in [1.54, 1.807) is 0 Å². The molecule has 0 saturated carbocycles. The summed E-state index contributed by atoms with van der Waals surface area (Å²) in [6.07, 6.45) is 0.804. The SMILES string of the molecule is C[C@@H]1Cc2ccccc2N1C(=NS(=O)(=O)c1ccc(F)cc1)c1ccccc1. The highest BCUT2D eigenvalue weighted by Gasteiger charge is 2.31. The fourth-order valence-electron chi connectivity index (χ4n) is 3.48. The van der Waals surface area contributed by atoms with Gasteiger partial charge in [0.25, 0.3) is 10.0 Å². The Hall–Kier alpha value is -2.99. The molecular weight excluding hydrogens is 375 g/mol. The van der Waals surface area contributed by atoms with Crippen molar-refractivity contribution < 1.29 is 12.8 Å². The Morgan fingerprint density at radius 3 is 2.32 bits per heavy atom. The van der Waals surface area contributed by atoms with Crippen molar-refractivity contribution in [2.24, 2.45) is 4.40 Å². The summed E-state index contributed by atoms with van der Waals surface area (Å²) in [5.74, 6) is -0.129. The Balaban J connectivity index is 1.88. The Morgan fingerprint density at radius 2 is 1.61 bits per heavy atom. The summed E-state index contributed by atoms with van der Waals surface area (Å²) in [6, 6.07) is 21.9. The van der Waals surface area contributed by atoms with E-state index in [1.165, 1.54) is 12.1 Å². The number of para-hydroxylation sites is 1. The Labute approximate surface area is 164 Å². The molecule has 1 aliphatic rings. The first-order chi connectivity index (χ1) is 13.5. The molecular formula is C22H19FN2O2S. The molecule has 4 rings (SSSR count). The summed E-state index contributed by atoms with van der Waals surface area (Å²) in [4.78, 5) is 1.92. The van der Waals surface area contributed by atoms with Gasteiger partial charge in [0.05, 0.1) is 4.90 Å². The van der Waals surface area contributed by atoms with E-state index in [1.807, 2.05) is 66.4 Å². The summed E-state index contributed by atoms with van der Waals surface area (Å²) in [5.41, 5.74) is 2.81. The second kappa shape index (κ2) is 7.20. The maximum absolute atomic E-state index is 13.2. The van der Waals surface area contributed by atoms with Crippen LogP contribution in [0.15, 0.2) is 88.2 Å². The molecule has 3 aromatic rings. The first-order valence-electron chi connectivity index (χ1n) is 8.99. The van der Waals surface area contributed by atoms with Crippen LogP contribution in [0.4, 0.5) is 10.1 Å². The standard InChI is InChI=1S/C22H19FN2O2S/c1-16-15-18-9-5-6-10-21(18)25(16)22(17-7-3-2-4-8-17)24-28(26,27)20-13-11-19(23)12-14-20/h2-14,16H,15H2,1H3/t16-/m1/s1. The van der Waals surface area contributed by atoms with E-state index in [-0.39, 0.29) is 10.9 Å². The highest BCUT2D eigenvalue weighted by Crippen LogP contribution is 2.34. The number of sulfonamides is 1. The van der Waals surface area contributed by atoms with E-state index in [0.29, 0.717) is 11.4 Å². The van der Waals surface area contributed by atoms with E-state index < -0.39 is 15.8 Å². The third kappa shape index (κ3) is 3.43. The maximum Gasteiger partial charge on any atom is 0.284 e. The summed E-state index contributed by atoms with van der Waals surface area (Å²) in [5, 5.41) is 0. The van der Waals surface area contributed by atoms with E-state index in [0.717, 1.165) is 29.8 Å². The molecule has 0 saturated heterocycles. The minimum Gasteiger partial charge on any atom is -0.322 e. The molecule has 0 fully saturated rings. The highest BCUT2D eigenvalue weighted by molar-refractivity contribution is 7.90. The van der Waals surface area contributed by atoms with Gasteiger partial charge in [0.2, 0.25) is 0 Å². The van der Waals surface area contributed by atoms with Gasteiger partial charge in [0.15, 0.2) is 5.84 Å². The highest BCUT2D eigenvalue weighted by atomic mass is 32.2. The average molecular weight is 394 g/mol. The molecule has 4 nitrogen and oxygen atoms in total. The van der Waals surface area contributed by atoms with Crippen LogP contribution in [0.5, 0.6) is 0 Å². The lowest BCUT2D eigenvalue weighted by Crippen LogP contribution is -2.37. The molecule has 0 amide bonds. The van der Waals surface area contributed by atoms with Crippen molar-refractivity contribution in [2.75, 3.05) is 4.90 Å². The average Bonchev–Trinajstić information content (AvgIpc) is 3.03. The van der Waals surface area contributed by atoms with Crippen LogP contribution in [0.25, 0.3) is 0 Å². The number of fused-ring (bicyclic) bond motifs is 1. The van der Waals surface area contributed by atoms with Crippen molar-refractivity contribution in [1.82, 2.24) is 0 Å². The molecule has 0 bridgehead atoms. The van der Waals surface area contributed by atoms with Crippen molar-refractivity contribution >= 4 is 21.5 Å².